The van der Waals surface area contributed by atoms with E-state index in [0.29, 0.717) is 23.5 Å². The Morgan fingerprint density at radius 1 is 1.29 bits per heavy atom. The number of hydrogen-bond acceptors (Lipinski definition) is 5. The van der Waals surface area contributed by atoms with Crippen LogP contribution in [0.1, 0.15) is 38.2 Å². The van der Waals surface area contributed by atoms with Crippen molar-refractivity contribution in [2.45, 2.75) is 19.9 Å². The normalized spacial score (nSPS) is 10.4. The molecule has 0 saturated carbocycles. The van der Waals surface area contributed by atoms with Crippen LogP contribution in [0.2, 0.25) is 0 Å². The molecule has 0 radical (unpaired) electrons. The van der Waals surface area contributed by atoms with E-state index in [0.717, 1.165) is 17.1 Å². The third kappa shape index (κ3) is 3.43. The molecular formula is C14H15N3O3S. The van der Waals surface area contributed by atoms with Crippen LogP contribution in [0.15, 0.2) is 24.3 Å². The summed E-state index contributed by atoms with van der Waals surface area (Å²) in [7, 11) is 1.70. The molecule has 0 bridgehead atoms. The summed E-state index contributed by atoms with van der Waals surface area (Å²) in [5.41, 5.74) is 1.80. The molecule has 2 aromatic rings. The van der Waals surface area contributed by atoms with Crippen LogP contribution in [0, 0.1) is 0 Å². The largest absolute Gasteiger partial charge is 0.478 e. The molecule has 110 valence electrons. The van der Waals surface area contributed by atoms with Gasteiger partial charge in [0.05, 0.1) is 11.3 Å². The fraction of sp³-hybridized carbons (Fsp3) is 0.286. The molecule has 1 aromatic heterocycles. The van der Waals surface area contributed by atoms with Crippen molar-refractivity contribution < 1.29 is 14.7 Å². The van der Waals surface area contributed by atoms with E-state index < -0.39 is 5.97 Å². The Morgan fingerprint density at radius 3 is 2.52 bits per heavy atom. The van der Waals surface area contributed by atoms with Gasteiger partial charge in [-0.15, -0.1) is 5.10 Å². The van der Waals surface area contributed by atoms with Gasteiger partial charge in [0, 0.05) is 13.6 Å². The van der Waals surface area contributed by atoms with Gasteiger partial charge in [-0.25, -0.2) is 4.79 Å². The minimum absolute atomic E-state index is 0.121. The summed E-state index contributed by atoms with van der Waals surface area (Å²) in [6.07, 6.45) is 0.665. The van der Waals surface area contributed by atoms with Crippen molar-refractivity contribution in [2.75, 3.05) is 7.05 Å². The third-order valence-corrected chi connectivity index (χ3v) is 3.81. The van der Waals surface area contributed by atoms with Crippen molar-refractivity contribution in [2.24, 2.45) is 0 Å². The second kappa shape index (κ2) is 6.45. The zero-order valence-corrected chi connectivity index (χ0v) is 12.6. The maximum absolute atomic E-state index is 12.3. The lowest BCUT2D eigenvalue weighted by atomic mass is 10.1. The van der Waals surface area contributed by atoms with Crippen molar-refractivity contribution in [1.82, 2.24) is 14.5 Å². The standard InChI is InChI=1S/C14H15N3O3S/c1-3-11-12(21-16-15-11)13(18)17(2)8-9-4-6-10(7-5-9)14(19)20/h4-7H,3,8H2,1-2H3,(H,19,20). The van der Waals surface area contributed by atoms with Crippen molar-refractivity contribution >= 4 is 23.4 Å². The molecule has 0 aliphatic rings. The topological polar surface area (TPSA) is 83.4 Å². The van der Waals surface area contributed by atoms with Gasteiger partial charge in [0.1, 0.15) is 4.88 Å². The van der Waals surface area contributed by atoms with E-state index in [1.54, 1.807) is 24.1 Å². The van der Waals surface area contributed by atoms with Crippen LogP contribution in [0.4, 0.5) is 0 Å². The van der Waals surface area contributed by atoms with Crippen LogP contribution >= 0.6 is 11.5 Å². The molecule has 6 nitrogen and oxygen atoms in total. The Kier molecular flexibility index (Phi) is 4.64. The second-order valence-corrected chi connectivity index (χ2v) is 5.32. The van der Waals surface area contributed by atoms with E-state index in [1.165, 1.54) is 12.1 Å². The van der Waals surface area contributed by atoms with E-state index in [-0.39, 0.29) is 11.5 Å². The summed E-state index contributed by atoms with van der Waals surface area (Å²) in [4.78, 5) is 25.2. The van der Waals surface area contributed by atoms with Crippen LogP contribution < -0.4 is 0 Å². The number of aromatic nitrogens is 2. The molecule has 1 aromatic carbocycles. The number of benzene rings is 1. The van der Waals surface area contributed by atoms with Gasteiger partial charge in [0.25, 0.3) is 5.91 Å². The molecule has 1 heterocycles. The van der Waals surface area contributed by atoms with E-state index in [9.17, 15) is 9.59 Å². The van der Waals surface area contributed by atoms with E-state index in [4.69, 9.17) is 5.11 Å². The maximum atomic E-state index is 12.3. The van der Waals surface area contributed by atoms with Gasteiger partial charge in [0.15, 0.2) is 0 Å². The van der Waals surface area contributed by atoms with E-state index in [1.807, 2.05) is 6.92 Å². The van der Waals surface area contributed by atoms with Gasteiger partial charge in [-0.1, -0.05) is 23.5 Å². The van der Waals surface area contributed by atoms with Gasteiger partial charge in [-0.2, -0.15) is 0 Å². The highest BCUT2D eigenvalue weighted by molar-refractivity contribution is 7.07. The quantitative estimate of drug-likeness (QED) is 0.914. The second-order valence-electron chi connectivity index (χ2n) is 4.57. The van der Waals surface area contributed by atoms with Crippen LogP contribution in [-0.4, -0.2) is 38.5 Å². The van der Waals surface area contributed by atoms with Crippen LogP contribution in [0.3, 0.4) is 0 Å². The predicted octanol–water partition coefficient (Wildman–Crippen LogP) is 2.07. The number of rotatable bonds is 5. The Balaban J connectivity index is 2.08. The molecule has 0 saturated heterocycles. The minimum atomic E-state index is -0.964. The zero-order chi connectivity index (χ0) is 15.4. The lowest BCUT2D eigenvalue weighted by molar-refractivity contribution is 0.0695. The number of aromatic carboxylic acids is 1. The van der Waals surface area contributed by atoms with Crippen LogP contribution in [-0.2, 0) is 13.0 Å². The van der Waals surface area contributed by atoms with Crippen molar-refractivity contribution in [3.8, 4) is 0 Å². The number of nitrogens with zero attached hydrogens (tertiary/aromatic N) is 3. The molecule has 0 spiro atoms. The van der Waals surface area contributed by atoms with Crippen molar-refractivity contribution in [3.05, 3.63) is 46.0 Å². The molecule has 1 amide bonds. The van der Waals surface area contributed by atoms with Gasteiger partial charge < -0.3 is 10.0 Å². The average molecular weight is 305 g/mol. The van der Waals surface area contributed by atoms with Crippen LogP contribution in [0.25, 0.3) is 0 Å². The van der Waals surface area contributed by atoms with E-state index in [2.05, 4.69) is 9.59 Å². The molecular weight excluding hydrogens is 290 g/mol. The number of amides is 1. The number of carboxylic acids is 1. The fourth-order valence-corrected chi connectivity index (χ4v) is 2.62. The Hall–Kier alpha value is -2.28. The van der Waals surface area contributed by atoms with Crippen molar-refractivity contribution in [1.29, 1.82) is 0 Å². The highest BCUT2D eigenvalue weighted by Gasteiger charge is 2.19. The molecule has 21 heavy (non-hydrogen) atoms. The summed E-state index contributed by atoms with van der Waals surface area (Å²) in [5.74, 6) is -1.08. The minimum Gasteiger partial charge on any atom is -0.478 e. The molecule has 2 rings (SSSR count). The summed E-state index contributed by atoms with van der Waals surface area (Å²) in [6.45, 7) is 2.33. The highest BCUT2D eigenvalue weighted by Crippen LogP contribution is 2.15. The maximum Gasteiger partial charge on any atom is 0.335 e. The number of aryl methyl sites for hydroxylation is 1. The first kappa shape index (κ1) is 15.1. The fourth-order valence-electron chi connectivity index (χ4n) is 1.87. The van der Waals surface area contributed by atoms with Gasteiger partial charge >= 0.3 is 5.97 Å². The lowest BCUT2D eigenvalue weighted by Gasteiger charge is -2.16. The summed E-state index contributed by atoms with van der Waals surface area (Å²) in [6, 6.07) is 6.47. The molecule has 0 aliphatic carbocycles. The monoisotopic (exact) mass is 305 g/mol. The average Bonchev–Trinajstić information content (AvgIpc) is 2.95. The molecule has 0 unspecified atom stereocenters. The first-order valence-corrected chi connectivity index (χ1v) is 7.19. The van der Waals surface area contributed by atoms with Crippen LogP contribution in [0.5, 0.6) is 0 Å². The lowest BCUT2D eigenvalue weighted by Crippen LogP contribution is -2.26. The molecule has 0 atom stereocenters. The van der Waals surface area contributed by atoms with Gasteiger partial charge in [-0.3, -0.25) is 4.79 Å². The number of hydrogen-bond donors (Lipinski definition) is 1. The Morgan fingerprint density at radius 2 is 1.95 bits per heavy atom. The molecule has 1 N–H and O–H groups in total. The number of carboxylic acid groups (broad SMARTS) is 1. The molecule has 0 aliphatic heterocycles. The highest BCUT2D eigenvalue weighted by atomic mass is 32.1. The smallest absolute Gasteiger partial charge is 0.335 e. The molecule has 7 heteroatoms. The Bertz CT molecular complexity index is 652. The Labute approximate surface area is 126 Å². The first-order chi connectivity index (χ1) is 10.0. The summed E-state index contributed by atoms with van der Waals surface area (Å²) < 4.78 is 3.81. The summed E-state index contributed by atoms with van der Waals surface area (Å²) in [5, 5.41) is 12.8. The van der Waals surface area contributed by atoms with Crippen molar-refractivity contribution in [3.63, 3.8) is 0 Å². The van der Waals surface area contributed by atoms with Gasteiger partial charge in [0.2, 0.25) is 0 Å². The zero-order valence-electron chi connectivity index (χ0n) is 11.7. The first-order valence-electron chi connectivity index (χ1n) is 6.41. The van der Waals surface area contributed by atoms with Gasteiger partial charge in [-0.05, 0) is 35.6 Å². The summed E-state index contributed by atoms with van der Waals surface area (Å²) >= 11 is 1.10. The SMILES string of the molecule is CCc1nnsc1C(=O)N(C)Cc1ccc(C(=O)O)cc1. The number of carbonyl (C=O) groups is 2. The third-order valence-electron chi connectivity index (χ3n) is 3.05. The predicted molar refractivity (Wildman–Crippen MR) is 78.5 cm³/mol. The molecule has 0 fully saturated rings. The number of carbonyl (C=O) groups excluding carboxylic acids is 1. The van der Waals surface area contributed by atoms with E-state index >= 15 is 0 Å².